The summed E-state index contributed by atoms with van der Waals surface area (Å²) in [6, 6.07) is 17.8. The summed E-state index contributed by atoms with van der Waals surface area (Å²) in [6.45, 7) is 6.17. The number of nitrogens with one attached hydrogen (secondary N) is 1. The van der Waals surface area contributed by atoms with Crippen molar-refractivity contribution >= 4 is 33.8 Å². The smallest absolute Gasteiger partial charge is 0.344 e. The lowest BCUT2D eigenvalue weighted by atomic mass is 9.68. The number of esters is 1. The van der Waals surface area contributed by atoms with Crippen LogP contribution in [0.4, 0.5) is 5.69 Å². The third-order valence-corrected chi connectivity index (χ3v) is 6.91. The van der Waals surface area contributed by atoms with Crippen molar-refractivity contribution in [3.8, 4) is 11.5 Å². The highest BCUT2D eigenvalue weighted by Crippen LogP contribution is 2.52. The second-order valence-electron chi connectivity index (χ2n) is 10.1. The van der Waals surface area contributed by atoms with E-state index in [0.717, 1.165) is 45.2 Å². The van der Waals surface area contributed by atoms with Crippen LogP contribution in [0.3, 0.4) is 0 Å². The van der Waals surface area contributed by atoms with Crippen molar-refractivity contribution in [3.63, 3.8) is 0 Å². The van der Waals surface area contributed by atoms with E-state index in [-0.39, 0.29) is 23.8 Å². The van der Waals surface area contributed by atoms with Crippen LogP contribution < -0.4 is 14.8 Å². The molecular formula is C30H31NO5. The number of methoxy groups -OCH3 is 1. The molecule has 1 N–H and O–H groups in total. The van der Waals surface area contributed by atoms with Crippen molar-refractivity contribution in [1.29, 1.82) is 0 Å². The van der Waals surface area contributed by atoms with Gasteiger partial charge in [-0.2, -0.15) is 0 Å². The average Bonchev–Trinajstić information content (AvgIpc) is 2.86. The van der Waals surface area contributed by atoms with Gasteiger partial charge in [-0.1, -0.05) is 50.2 Å². The van der Waals surface area contributed by atoms with Gasteiger partial charge < -0.3 is 19.5 Å². The first-order valence-corrected chi connectivity index (χ1v) is 12.3. The molecule has 1 aliphatic carbocycles. The summed E-state index contributed by atoms with van der Waals surface area (Å²) in [5.41, 5.74) is 4.86. The van der Waals surface area contributed by atoms with Gasteiger partial charge in [-0.3, -0.25) is 4.79 Å². The summed E-state index contributed by atoms with van der Waals surface area (Å²) in [5.74, 6) is 0.668. The number of ether oxygens (including phenoxy) is 3. The van der Waals surface area contributed by atoms with Gasteiger partial charge >= 0.3 is 5.97 Å². The zero-order chi connectivity index (χ0) is 25.4. The lowest BCUT2D eigenvalue weighted by molar-refractivity contribution is -0.145. The Morgan fingerprint density at radius 1 is 1.06 bits per heavy atom. The van der Waals surface area contributed by atoms with Gasteiger partial charge in [0.25, 0.3) is 0 Å². The van der Waals surface area contributed by atoms with Gasteiger partial charge in [0.1, 0.15) is 0 Å². The number of benzene rings is 3. The van der Waals surface area contributed by atoms with Crippen LogP contribution in [-0.4, -0.2) is 32.1 Å². The SMILES string of the molecule is CCOC(=O)COc1ccc([C@H]2Nc3ccc4ccccc4c3C3=C2C(=O)CC(C)(C)C3)cc1OC. The Morgan fingerprint density at radius 3 is 2.64 bits per heavy atom. The molecule has 0 aromatic heterocycles. The maximum atomic E-state index is 13.6. The highest BCUT2D eigenvalue weighted by molar-refractivity contribution is 6.12. The highest BCUT2D eigenvalue weighted by Gasteiger charge is 2.41. The van der Waals surface area contributed by atoms with Crippen LogP contribution in [0.5, 0.6) is 11.5 Å². The van der Waals surface area contributed by atoms with E-state index in [1.807, 2.05) is 24.3 Å². The van der Waals surface area contributed by atoms with Crippen molar-refractivity contribution in [2.75, 3.05) is 25.6 Å². The van der Waals surface area contributed by atoms with Crippen molar-refractivity contribution in [2.45, 2.75) is 39.7 Å². The highest BCUT2D eigenvalue weighted by atomic mass is 16.6. The number of allylic oxidation sites excluding steroid dienone is 1. The van der Waals surface area contributed by atoms with E-state index in [9.17, 15) is 9.59 Å². The molecule has 1 heterocycles. The monoisotopic (exact) mass is 485 g/mol. The van der Waals surface area contributed by atoms with Crippen molar-refractivity contribution in [2.24, 2.45) is 5.41 Å². The third-order valence-electron chi connectivity index (χ3n) is 6.91. The number of hydrogen-bond acceptors (Lipinski definition) is 6. The maximum absolute atomic E-state index is 13.6. The summed E-state index contributed by atoms with van der Waals surface area (Å²) in [5, 5.41) is 5.96. The molecule has 3 aromatic rings. The summed E-state index contributed by atoms with van der Waals surface area (Å²) in [6.07, 6.45) is 1.33. The van der Waals surface area contributed by atoms with Crippen molar-refractivity contribution in [1.82, 2.24) is 0 Å². The van der Waals surface area contributed by atoms with E-state index < -0.39 is 5.97 Å². The Labute approximate surface area is 211 Å². The molecule has 0 fully saturated rings. The van der Waals surface area contributed by atoms with Gasteiger partial charge in [-0.25, -0.2) is 4.79 Å². The molecule has 0 bridgehead atoms. The van der Waals surface area contributed by atoms with Crippen LogP contribution in [0.1, 0.15) is 50.8 Å². The second kappa shape index (κ2) is 9.34. The van der Waals surface area contributed by atoms with Crippen molar-refractivity contribution in [3.05, 3.63) is 71.3 Å². The molecule has 36 heavy (non-hydrogen) atoms. The Morgan fingerprint density at radius 2 is 1.86 bits per heavy atom. The number of carbonyl (C=O) groups is 2. The van der Waals surface area contributed by atoms with Gasteiger partial charge in [0.15, 0.2) is 23.9 Å². The molecule has 5 rings (SSSR count). The molecule has 0 saturated carbocycles. The minimum Gasteiger partial charge on any atom is -0.493 e. The Balaban J connectivity index is 1.60. The van der Waals surface area contributed by atoms with E-state index in [1.54, 1.807) is 20.1 Å². The number of hydrogen-bond donors (Lipinski definition) is 1. The van der Waals surface area contributed by atoms with E-state index in [4.69, 9.17) is 14.2 Å². The van der Waals surface area contributed by atoms with Gasteiger partial charge in [0.05, 0.1) is 19.8 Å². The second-order valence-corrected chi connectivity index (χ2v) is 10.1. The molecule has 2 aliphatic rings. The molecule has 0 amide bonds. The van der Waals surface area contributed by atoms with Crippen LogP contribution >= 0.6 is 0 Å². The largest absolute Gasteiger partial charge is 0.493 e. The number of Topliss-reactive ketones (excluding diaryl/α,β-unsaturated/α-hetero) is 1. The van der Waals surface area contributed by atoms with Crippen LogP contribution in [0.25, 0.3) is 16.3 Å². The fourth-order valence-electron chi connectivity index (χ4n) is 5.41. The number of anilines is 1. The first-order valence-electron chi connectivity index (χ1n) is 12.3. The third kappa shape index (κ3) is 4.32. The molecule has 0 spiro atoms. The Kier molecular flexibility index (Phi) is 6.20. The maximum Gasteiger partial charge on any atom is 0.344 e. The summed E-state index contributed by atoms with van der Waals surface area (Å²) < 4.78 is 16.2. The molecule has 1 atom stereocenters. The first-order chi connectivity index (χ1) is 17.3. The molecule has 6 nitrogen and oxygen atoms in total. The number of carbonyl (C=O) groups excluding carboxylic acids is 2. The minimum atomic E-state index is -0.438. The molecule has 6 heteroatoms. The fraction of sp³-hybridized carbons (Fsp3) is 0.333. The standard InChI is InChI=1S/C30H31NO5/c1-5-35-26(33)17-36-24-13-11-19(14-25(24)34-4)29-28-21(15-30(2,3)16-23(28)32)27-20-9-7-6-8-18(20)10-12-22(27)31-29/h6-14,29,31H,5,15-17H2,1-4H3/t29-/m1/s1. The Hall–Kier alpha value is -3.80. The van der Waals surface area contributed by atoms with Gasteiger partial charge in [0.2, 0.25) is 0 Å². The summed E-state index contributed by atoms with van der Waals surface area (Å²) >= 11 is 0. The van der Waals surface area contributed by atoms with E-state index in [2.05, 4.69) is 43.4 Å². The zero-order valence-electron chi connectivity index (χ0n) is 21.1. The number of rotatable bonds is 6. The molecule has 0 unspecified atom stereocenters. The van der Waals surface area contributed by atoms with E-state index >= 15 is 0 Å². The number of fused-ring (bicyclic) bond motifs is 4. The van der Waals surface area contributed by atoms with Crippen LogP contribution in [0.2, 0.25) is 0 Å². The number of ketones is 1. The average molecular weight is 486 g/mol. The van der Waals surface area contributed by atoms with Gasteiger partial charge in [-0.15, -0.1) is 0 Å². The van der Waals surface area contributed by atoms with Gasteiger partial charge in [-0.05, 0) is 58.9 Å². The predicted molar refractivity (Wildman–Crippen MR) is 140 cm³/mol. The minimum absolute atomic E-state index is 0.117. The van der Waals surface area contributed by atoms with E-state index in [1.165, 1.54) is 0 Å². The van der Waals surface area contributed by atoms with Crippen LogP contribution in [-0.2, 0) is 14.3 Å². The molecule has 0 radical (unpaired) electrons. The van der Waals surface area contributed by atoms with Crippen LogP contribution in [0, 0.1) is 5.41 Å². The first kappa shape index (κ1) is 23.9. The van der Waals surface area contributed by atoms with Crippen molar-refractivity contribution < 1.29 is 23.8 Å². The van der Waals surface area contributed by atoms with E-state index in [0.29, 0.717) is 24.5 Å². The van der Waals surface area contributed by atoms with Crippen LogP contribution in [0.15, 0.2) is 60.2 Å². The topological polar surface area (TPSA) is 73.9 Å². The van der Waals surface area contributed by atoms with Gasteiger partial charge in [0, 0.05) is 23.2 Å². The molecule has 3 aromatic carbocycles. The predicted octanol–water partition coefficient (Wildman–Crippen LogP) is 6.10. The molecular weight excluding hydrogens is 454 g/mol. The summed E-state index contributed by atoms with van der Waals surface area (Å²) in [7, 11) is 1.56. The molecule has 1 aliphatic heterocycles. The lowest BCUT2D eigenvalue weighted by Crippen LogP contribution is -2.33. The quantitative estimate of drug-likeness (QED) is 0.425. The summed E-state index contributed by atoms with van der Waals surface area (Å²) in [4.78, 5) is 25.4. The fourth-order valence-corrected chi connectivity index (χ4v) is 5.41. The Bertz CT molecular complexity index is 1390. The molecule has 0 saturated heterocycles. The normalized spacial score (nSPS) is 18.2. The molecule has 186 valence electrons. The zero-order valence-corrected chi connectivity index (χ0v) is 21.1. The lowest BCUT2D eigenvalue weighted by Gasteiger charge is -2.40.